The lowest BCUT2D eigenvalue weighted by Crippen LogP contribution is -2.44. The molecule has 29 heavy (non-hydrogen) atoms. The second-order valence-corrected chi connectivity index (χ2v) is 7.60. The van der Waals surface area contributed by atoms with Crippen LogP contribution in [0.3, 0.4) is 0 Å². The summed E-state index contributed by atoms with van der Waals surface area (Å²) in [4.78, 5) is 30.8. The maximum atomic E-state index is 12.3. The molecular weight excluding hydrogens is 364 g/mol. The van der Waals surface area contributed by atoms with Gasteiger partial charge in [-0.1, -0.05) is 17.7 Å². The minimum absolute atomic E-state index is 0.0399. The molecule has 1 heterocycles. The average Bonchev–Trinajstić information content (AvgIpc) is 2.72. The van der Waals surface area contributed by atoms with Gasteiger partial charge in [0.1, 0.15) is 0 Å². The lowest BCUT2D eigenvalue weighted by atomic mass is 10.1. The number of amides is 2. The standard InChI is InChI=1S/C23H30N4O2/c1-18-4-6-20(7-5-18)23(29)24-12-13-27(19(2)28)22-10-8-21(9-11-22)26-16-14-25(3)15-17-26/h4-11H,12-17H2,1-3H3,(H,24,29). The van der Waals surface area contributed by atoms with E-state index in [1.54, 1.807) is 11.8 Å². The summed E-state index contributed by atoms with van der Waals surface area (Å²) in [5.74, 6) is -0.166. The van der Waals surface area contributed by atoms with Crippen LogP contribution in [0, 0.1) is 6.92 Å². The predicted octanol–water partition coefficient (Wildman–Crippen LogP) is 2.53. The Kier molecular flexibility index (Phi) is 6.88. The number of likely N-dealkylation sites (N-methyl/N-ethyl adjacent to an activating group) is 1. The molecule has 2 aromatic rings. The van der Waals surface area contributed by atoms with Crippen molar-refractivity contribution in [1.82, 2.24) is 10.2 Å². The third-order valence-corrected chi connectivity index (χ3v) is 5.34. The van der Waals surface area contributed by atoms with Crippen molar-refractivity contribution >= 4 is 23.2 Å². The van der Waals surface area contributed by atoms with Crippen LogP contribution in [-0.2, 0) is 4.79 Å². The van der Waals surface area contributed by atoms with Crippen LogP contribution in [0.15, 0.2) is 48.5 Å². The normalized spacial score (nSPS) is 14.5. The smallest absolute Gasteiger partial charge is 0.251 e. The number of rotatable bonds is 6. The topological polar surface area (TPSA) is 55.9 Å². The lowest BCUT2D eigenvalue weighted by molar-refractivity contribution is -0.116. The molecule has 154 valence electrons. The van der Waals surface area contributed by atoms with E-state index in [1.165, 1.54) is 5.69 Å². The van der Waals surface area contributed by atoms with Crippen LogP contribution in [0.5, 0.6) is 0 Å². The van der Waals surface area contributed by atoms with Crippen molar-refractivity contribution in [2.75, 3.05) is 56.1 Å². The van der Waals surface area contributed by atoms with Gasteiger partial charge in [0.05, 0.1) is 0 Å². The van der Waals surface area contributed by atoms with Crippen molar-refractivity contribution < 1.29 is 9.59 Å². The molecule has 0 spiro atoms. The monoisotopic (exact) mass is 394 g/mol. The van der Waals surface area contributed by atoms with Crippen LogP contribution < -0.4 is 15.1 Å². The molecule has 1 fully saturated rings. The van der Waals surface area contributed by atoms with E-state index in [0.717, 1.165) is 37.4 Å². The Morgan fingerprint density at radius 3 is 2.17 bits per heavy atom. The number of nitrogens with zero attached hydrogens (tertiary/aromatic N) is 3. The zero-order valence-electron chi connectivity index (χ0n) is 17.5. The molecule has 0 bridgehead atoms. The zero-order chi connectivity index (χ0) is 20.8. The van der Waals surface area contributed by atoms with E-state index < -0.39 is 0 Å². The minimum Gasteiger partial charge on any atom is -0.369 e. The highest BCUT2D eigenvalue weighted by Crippen LogP contribution is 2.22. The van der Waals surface area contributed by atoms with E-state index in [0.29, 0.717) is 18.7 Å². The van der Waals surface area contributed by atoms with E-state index in [9.17, 15) is 9.59 Å². The SMILES string of the molecule is CC(=O)N(CCNC(=O)c1ccc(C)cc1)c1ccc(N2CCN(C)CC2)cc1. The summed E-state index contributed by atoms with van der Waals surface area (Å²) in [6.45, 7) is 8.50. The molecule has 6 heteroatoms. The molecule has 0 radical (unpaired) electrons. The second-order valence-electron chi connectivity index (χ2n) is 7.60. The third-order valence-electron chi connectivity index (χ3n) is 5.34. The fourth-order valence-electron chi connectivity index (χ4n) is 3.46. The molecule has 0 aliphatic carbocycles. The Bertz CT molecular complexity index is 825. The van der Waals surface area contributed by atoms with Gasteiger partial charge in [-0.3, -0.25) is 9.59 Å². The second kappa shape index (κ2) is 9.56. The summed E-state index contributed by atoms with van der Waals surface area (Å²) >= 11 is 0. The molecule has 3 rings (SSSR count). The maximum absolute atomic E-state index is 12.3. The van der Waals surface area contributed by atoms with Gasteiger partial charge in [-0.2, -0.15) is 0 Å². The molecule has 0 unspecified atom stereocenters. The van der Waals surface area contributed by atoms with Gasteiger partial charge in [0.2, 0.25) is 5.91 Å². The largest absolute Gasteiger partial charge is 0.369 e. The van der Waals surface area contributed by atoms with Crippen LogP contribution in [0.1, 0.15) is 22.8 Å². The zero-order valence-corrected chi connectivity index (χ0v) is 17.5. The molecule has 6 nitrogen and oxygen atoms in total. The fourth-order valence-corrected chi connectivity index (χ4v) is 3.46. The molecule has 1 saturated heterocycles. The first kappa shape index (κ1) is 20.9. The number of hydrogen-bond acceptors (Lipinski definition) is 4. The quantitative estimate of drug-likeness (QED) is 0.818. The van der Waals surface area contributed by atoms with E-state index in [2.05, 4.69) is 34.3 Å². The number of carbonyl (C=O) groups is 2. The van der Waals surface area contributed by atoms with Gasteiger partial charge in [-0.15, -0.1) is 0 Å². The molecule has 1 N–H and O–H groups in total. The van der Waals surface area contributed by atoms with Gasteiger partial charge >= 0.3 is 0 Å². The Hall–Kier alpha value is -2.86. The van der Waals surface area contributed by atoms with Crippen molar-refractivity contribution in [3.8, 4) is 0 Å². The number of nitrogens with one attached hydrogen (secondary N) is 1. The van der Waals surface area contributed by atoms with Gasteiger partial charge < -0.3 is 20.0 Å². The molecule has 2 aromatic carbocycles. The van der Waals surface area contributed by atoms with Gasteiger partial charge in [0.25, 0.3) is 5.91 Å². The molecule has 0 atom stereocenters. The van der Waals surface area contributed by atoms with Gasteiger partial charge in [0, 0.05) is 63.1 Å². The van der Waals surface area contributed by atoms with Crippen LogP contribution in [0.4, 0.5) is 11.4 Å². The Morgan fingerprint density at radius 1 is 0.966 bits per heavy atom. The summed E-state index contributed by atoms with van der Waals surface area (Å²) in [6.07, 6.45) is 0. The predicted molar refractivity (Wildman–Crippen MR) is 118 cm³/mol. The maximum Gasteiger partial charge on any atom is 0.251 e. The molecule has 0 aromatic heterocycles. The highest BCUT2D eigenvalue weighted by Gasteiger charge is 2.16. The first-order valence-corrected chi connectivity index (χ1v) is 10.1. The van der Waals surface area contributed by atoms with Crippen molar-refractivity contribution in [2.45, 2.75) is 13.8 Å². The number of carbonyl (C=O) groups excluding carboxylic acids is 2. The van der Waals surface area contributed by atoms with Crippen LogP contribution >= 0.6 is 0 Å². The van der Waals surface area contributed by atoms with Crippen LogP contribution in [0.25, 0.3) is 0 Å². The summed E-state index contributed by atoms with van der Waals surface area (Å²) < 4.78 is 0. The average molecular weight is 395 g/mol. The highest BCUT2D eigenvalue weighted by molar-refractivity contribution is 5.94. The molecular formula is C23H30N4O2. The Labute approximate surface area is 173 Å². The number of piperazine rings is 1. The van der Waals surface area contributed by atoms with Crippen molar-refractivity contribution in [3.05, 3.63) is 59.7 Å². The summed E-state index contributed by atoms with van der Waals surface area (Å²) in [6, 6.07) is 15.6. The summed E-state index contributed by atoms with van der Waals surface area (Å²) in [5.41, 5.74) is 3.77. The van der Waals surface area contributed by atoms with Crippen LogP contribution in [0.2, 0.25) is 0 Å². The van der Waals surface area contributed by atoms with Crippen molar-refractivity contribution in [3.63, 3.8) is 0 Å². The first-order valence-electron chi connectivity index (χ1n) is 10.1. The summed E-state index contributed by atoms with van der Waals surface area (Å²) in [7, 11) is 2.14. The lowest BCUT2D eigenvalue weighted by Gasteiger charge is -2.34. The molecule has 2 amide bonds. The van der Waals surface area contributed by atoms with Crippen molar-refractivity contribution in [1.29, 1.82) is 0 Å². The third kappa shape index (κ3) is 5.57. The summed E-state index contributed by atoms with van der Waals surface area (Å²) in [5, 5.41) is 2.90. The van der Waals surface area contributed by atoms with Gasteiger partial charge in [-0.25, -0.2) is 0 Å². The number of hydrogen-bond donors (Lipinski definition) is 1. The molecule has 0 saturated carbocycles. The Morgan fingerprint density at radius 2 is 1.59 bits per heavy atom. The van der Waals surface area contributed by atoms with E-state index in [1.807, 2.05) is 43.3 Å². The number of aryl methyl sites for hydroxylation is 1. The number of benzene rings is 2. The van der Waals surface area contributed by atoms with E-state index in [-0.39, 0.29) is 11.8 Å². The molecule has 1 aliphatic heterocycles. The van der Waals surface area contributed by atoms with Crippen molar-refractivity contribution in [2.24, 2.45) is 0 Å². The highest BCUT2D eigenvalue weighted by atomic mass is 16.2. The van der Waals surface area contributed by atoms with Gasteiger partial charge in [-0.05, 0) is 50.4 Å². The fraction of sp³-hybridized carbons (Fsp3) is 0.391. The molecule has 1 aliphatic rings. The van der Waals surface area contributed by atoms with E-state index in [4.69, 9.17) is 0 Å². The Balaban J connectivity index is 1.57. The minimum atomic E-state index is -0.126. The number of anilines is 2. The van der Waals surface area contributed by atoms with Crippen LogP contribution in [-0.4, -0.2) is 63.0 Å². The first-order chi connectivity index (χ1) is 13.9. The van der Waals surface area contributed by atoms with E-state index >= 15 is 0 Å². The van der Waals surface area contributed by atoms with Gasteiger partial charge in [0.15, 0.2) is 0 Å².